The highest BCUT2D eigenvalue weighted by atomic mass is 14.9. The smallest absolute Gasteiger partial charge is 0.0385 e. The van der Waals surface area contributed by atoms with E-state index in [0.717, 1.165) is 17.1 Å². The van der Waals surface area contributed by atoms with Gasteiger partial charge in [-0.2, -0.15) is 0 Å². The van der Waals surface area contributed by atoms with Crippen LogP contribution in [0.15, 0.2) is 60.8 Å². The predicted molar refractivity (Wildman–Crippen MR) is 67.6 cm³/mol. The van der Waals surface area contributed by atoms with Gasteiger partial charge < -0.3 is 11.1 Å². The lowest BCUT2D eigenvalue weighted by molar-refractivity contribution is 1.47. The third kappa shape index (κ3) is 3.73. The fourth-order valence-corrected chi connectivity index (χ4v) is 1.09. The molecule has 0 unspecified atom stereocenters. The van der Waals surface area contributed by atoms with Crippen molar-refractivity contribution in [2.24, 2.45) is 0 Å². The number of benzene rings is 1. The van der Waals surface area contributed by atoms with E-state index in [9.17, 15) is 0 Å². The molecule has 0 amide bonds. The first-order chi connectivity index (χ1) is 7.26. The minimum atomic E-state index is 0.762. The molecule has 0 bridgehead atoms. The first-order valence-electron chi connectivity index (χ1n) is 4.84. The monoisotopic (exact) mass is 200 g/mol. The fraction of sp³-hybridized carbons (Fsp3) is 0.0769. The summed E-state index contributed by atoms with van der Waals surface area (Å²) < 4.78 is 0. The molecule has 2 nitrogen and oxygen atoms in total. The number of nitrogens with two attached hydrogens (primary N) is 1. The van der Waals surface area contributed by atoms with Gasteiger partial charge in [0.15, 0.2) is 0 Å². The van der Waals surface area contributed by atoms with Gasteiger partial charge in [-0.15, -0.1) is 0 Å². The van der Waals surface area contributed by atoms with Gasteiger partial charge in [-0.05, 0) is 43.3 Å². The zero-order valence-corrected chi connectivity index (χ0v) is 8.90. The maximum atomic E-state index is 5.60. The Balaban J connectivity index is 2.75. The Kier molecular flexibility index (Phi) is 4.23. The highest BCUT2D eigenvalue weighted by molar-refractivity contribution is 5.55. The number of nitrogen functional groups attached to an aromatic ring is 1. The predicted octanol–water partition coefficient (Wildman–Crippen LogP) is 3.33. The van der Waals surface area contributed by atoms with E-state index in [2.05, 4.69) is 11.9 Å². The molecule has 0 aliphatic rings. The van der Waals surface area contributed by atoms with Crippen LogP contribution in [0.1, 0.15) is 6.92 Å². The van der Waals surface area contributed by atoms with Crippen molar-refractivity contribution in [3.63, 3.8) is 0 Å². The minimum absolute atomic E-state index is 0.762. The van der Waals surface area contributed by atoms with Crippen molar-refractivity contribution in [3.05, 3.63) is 60.8 Å². The summed E-state index contributed by atoms with van der Waals surface area (Å²) >= 11 is 0. The van der Waals surface area contributed by atoms with E-state index >= 15 is 0 Å². The first kappa shape index (κ1) is 11.1. The Hall–Kier alpha value is -1.96. The van der Waals surface area contributed by atoms with Crippen LogP contribution in [0, 0.1) is 0 Å². The molecule has 0 saturated carbocycles. The molecule has 0 aliphatic heterocycles. The largest absolute Gasteiger partial charge is 0.399 e. The van der Waals surface area contributed by atoms with Crippen molar-refractivity contribution >= 4 is 11.4 Å². The van der Waals surface area contributed by atoms with Gasteiger partial charge in [0.05, 0.1) is 0 Å². The van der Waals surface area contributed by atoms with Crippen molar-refractivity contribution in [2.75, 3.05) is 11.1 Å². The second kappa shape index (κ2) is 5.70. The molecular weight excluding hydrogens is 184 g/mol. The molecule has 3 N–H and O–H groups in total. The Morgan fingerprint density at radius 1 is 1.33 bits per heavy atom. The molecule has 0 heterocycles. The van der Waals surface area contributed by atoms with Crippen molar-refractivity contribution < 1.29 is 0 Å². The number of rotatable bonds is 4. The summed E-state index contributed by atoms with van der Waals surface area (Å²) in [4.78, 5) is 0. The van der Waals surface area contributed by atoms with Crippen LogP contribution in [0.25, 0.3) is 0 Å². The minimum Gasteiger partial charge on any atom is -0.399 e. The normalized spacial score (nSPS) is 11.7. The van der Waals surface area contributed by atoms with Crippen LogP contribution in [-0.4, -0.2) is 0 Å². The summed E-state index contributed by atoms with van der Waals surface area (Å²) in [5.41, 5.74) is 8.31. The molecule has 1 aromatic carbocycles. The summed E-state index contributed by atoms with van der Waals surface area (Å²) in [7, 11) is 0. The summed E-state index contributed by atoms with van der Waals surface area (Å²) in [6.07, 6.45) is 7.66. The molecule has 0 fully saturated rings. The average Bonchev–Trinajstić information content (AvgIpc) is 2.27. The van der Waals surface area contributed by atoms with E-state index in [1.54, 1.807) is 6.08 Å². The standard InChI is InChI=1S/C13H16N2/c1-3-5-6-12(4-2)15-13-9-7-11(14)8-10-13/h3-10,15H,2,14H2,1H3/b5-3-,12-6+. The van der Waals surface area contributed by atoms with E-state index in [4.69, 9.17) is 5.73 Å². The Morgan fingerprint density at radius 3 is 2.53 bits per heavy atom. The molecule has 78 valence electrons. The number of nitrogens with one attached hydrogen (secondary N) is 1. The number of hydrogen-bond donors (Lipinski definition) is 2. The van der Waals surface area contributed by atoms with Gasteiger partial charge in [-0.1, -0.05) is 18.7 Å². The zero-order valence-electron chi connectivity index (χ0n) is 8.90. The Morgan fingerprint density at radius 2 is 2.00 bits per heavy atom. The van der Waals surface area contributed by atoms with E-state index in [-0.39, 0.29) is 0 Å². The van der Waals surface area contributed by atoms with Gasteiger partial charge >= 0.3 is 0 Å². The first-order valence-corrected chi connectivity index (χ1v) is 4.84. The lowest BCUT2D eigenvalue weighted by atomic mass is 10.2. The molecule has 1 aromatic rings. The van der Waals surface area contributed by atoms with Crippen LogP contribution >= 0.6 is 0 Å². The van der Waals surface area contributed by atoms with Crippen molar-refractivity contribution in [1.29, 1.82) is 0 Å². The van der Waals surface area contributed by atoms with Crippen LogP contribution < -0.4 is 11.1 Å². The van der Waals surface area contributed by atoms with Gasteiger partial charge in [0.25, 0.3) is 0 Å². The summed E-state index contributed by atoms with van der Waals surface area (Å²) in [6, 6.07) is 7.59. The highest BCUT2D eigenvalue weighted by Gasteiger charge is 1.92. The molecule has 0 aromatic heterocycles. The Bertz CT molecular complexity index is 372. The van der Waals surface area contributed by atoms with Crippen LogP contribution in [0.3, 0.4) is 0 Å². The van der Waals surface area contributed by atoms with Crippen molar-refractivity contribution in [2.45, 2.75) is 6.92 Å². The number of allylic oxidation sites excluding steroid dienone is 4. The highest BCUT2D eigenvalue weighted by Crippen LogP contribution is 2.13. The SMILES string of the molecule is C=C/C(=C\C=C/C)Nc1ccc(N)cc1. The third-order valence-electron chi connectivity index (χ3n) is 1.89. The molecule has 0 radical (unpaired) electrons. The molecule has 0 aliphatic carbocycles. The topological polar surface area (TPSA) is 38.0 Å². The summed E-state index contributed by atoms with van der Waals surface area (Å²) in [5, 5.41) is 3.23. The lowest BCUT2D eigenvalue weighted by Gasteiger charge is -2.06. The van der Waals surface area contributed by atoms with Crippen LogP contribution in [-0.2, 0) is 0 Å². The quantitative estimate of drug-likeness (QED) is 0.578. The van der Waals surface area contributed by atoms with Gasteiger partial charge in [-0.3, -0.25) is 0 Å². The third-order valence-corrected chi connectivity index (χ3v) is 1.89. The second-order valence-corrected chi connectivity index (χ2v) is 3.10. The van der Waals surface area contributed by atoms with Crippen LogP contribution in [0.4, 0.5) is 11.4 Å². The molecule has 0 spiro atoms. The molecule has 0 saturated heterocycles. The van der Waals surface area contributed by atoms with Gasteiger partial charge in [-0.25, -0.2) is 0 Å². The molecule has 15 heavy (non-hydrogen) atoms. The molecule has 2 heteroatoms. The van der Waals surface area contributed by atoms with Crippen LogP contribution in [0.2, 0.25) is 0 Å². The molecule has 1 rings (SSSR count). The number of hydrogen-bond acceptors (Lipinski definition) is 2. The molecule has 0 atom stereocenters. The second-order valence-electron chi connectivity index (χ2n) is 3.10. The van der Waals surface area contributed by atoms with Crippen molar-refractivity contribution in [3.8, 4) is 0 Å². The molecular formula is C13H16N2. The fourth-order valence-electron chi connectivity index (χ4n) is 1.09. The summed E-state index contributed by atoms with van der Waals surface area (Å²) in [5.74, 6) is 0. The van der Waals surface area contributed by atoms with E-state index < -0.39 is 0 Å². The van der Waals surface area contributed by atoms with Gasteiger partial charge in [0.1, 0.15) is 0 Å². The summed E-state index contributed by atoms with van der Waals surface area (Å²) in [6.45, 7) is 5.71. The van der Waals surface area contributed by atoms with Gasteiger partial charge in [0, 0.05) is 17.1 Å². The average molecular weight is 200 g/mol. The van der Waals surface area contributed by atoms with E-state index in [1.165, 1.54) is 0 Å². The van der Waals surface area contributed by atoms with E-state index in [1.807, 2.05) is 49.4 Å². The van der Waals surface area contributed by atoms with Gasteiger partial charge in [0.2, 0.25) is 0 Å². The zero-order chi connectivity index (χ0) is 11.1. The lowest BCUT2D eigenvalue weighted by Crippen LogP contribution is -1.96. The van der Waals surface area contributed by atoms with Crippen LogP contribution in [0.5, 0.6) is 0 Å². The Labute approximate surface area is 90.8 Å². The number of anilines is 2. The maximum Gasteiger partial charge on any atom is 0.0385 e. The van der Waals surface area contributed by atoms with E-state index in [0.29, 0.717) is 0 Å². The van der Waals surface area contributed by atoms with Crippen molar-refractivity contribution in [1.82, 2.24) is 0 Å². The maximum absolute atomic E-state index is 5.60.